The van der Waals surface area contributed by atoms with E-state index in [1.807, 2.05) is 30.3 Å². The molecule has 0 spiro atoms. The molecule has 1 heterocycles. The highest BCUT2D eigenvalue weighted by Crippen LogP contribution is 2.22. The molecule has 0 aliphatic heterocycles. The van der Waals surface area contributed by atoms with Gasteiger partial charge in [-0.2, -0.15) is 5.10 Å². The molecule has 3 rings (SSSR count). The normalized spacial score (nSPS) is 11.6. The zero-order valence-corrected chi connectivity index (χ0v) is 19.7. The summed E-state index contributed by atoms with van der Waals surface area (Å²) in [6.07, 6.45) is 3.69. The van der Waals surface area contributed by atoms with E-state index >= 15 is 0 Å². The number of carbonyl (C=O) groups excluding carboxylic acids is 1. The summed E-state index contributed by atoms with van der Waals surface area (Å²) in [6, 6.07) is 18.6. The summed E-state index contributed by atoms with van der Waals surface area (Å²) in [5.41, 5.74) is 3.38. The maximum absolute atomic E-state index is 12.9. The molecule has 1 amide bonds. The van der Waals surface area contributed by atoms with Crippen molar-refractivity contribution in [2.24, 2.45) is 0 Å². The van der Waals surface area contributed by atoms with Crippen LogP contribution in [0.15, 0.2) is 65.6 Å². The molecule has 0 aliphatic carbocycles. The van der Waals surface area contributed by atoms with Crippen LogP contribution in [0.4, 0.5) is 0 Å². The number of amides is 1. The third kappa shape index (κ3) is 5.65. The van der Waals surface area contributed by atoms with Gasteiger partial charge in [-0.15, -0.1) is 0 Å². The largest absolute Gasteiger partial charge is 0.342 e. The van der Waals surface area contributed by atoms with E-state index in [1.54, 1.807) is 44.0 Å². The fourth-order valence-corrected chi connectivity index (χ4v) is 4.78. The number of aromatic amines is 1. The van der Waals surface area contributed by atoms with Crippen molar-refractivity contribution >= 4 is 15.7 Å². The molecule has 170 valence electrons. The van der Waals surface area contributed by atoms with Crippen LogP contribution in [0.2, 0.25) is 0 Å². The zero-order valence-electron chi connectivity index (χ0n) is 18.9. The summed E-state index contributed by atoms with van der Waals surface area (Å²) in [5, 5.41) is 6.91. The molecule has 0 fully saturated rings. The second kappa shape index (κ2) is 10.6. The quantitative estimate of drug-likeness (QED) is 0.449. The average Bonchev–Trinajstić information content (AvgIpc) is 3.27. The van der Waals surface area contributed by atoms with Crippen LogP contribution >= 0.6 is 0 Å². The van der Waals surface area contributed by atoms with E-state index in [4.69, 9.17) is 0 Å². The number of sulfone groups is 1. The molecule has 0 unspecified atom stereocenters. The van der Waals surface area contributed by atoms with Crippen molar-refractivity contribution in [3.63, 3.8) is 0 Å². The van der Waals surface area contributed by atoms with Crippen molar-refractivity contribution in [3.05, 3.63) is 71.9 Å². The molecular formula is C25H31N3O3S. The van der Waals surface area contributed by atoms with Gasteiger partial charge >= 0.3 is 0 Å². The number of aryl methyl sites for hydroxylation is 1. The lowest BCUT2D eigenvalue weighted by Crippen LogP contribution is -2.30. The first-order valence-electron chi connectivity index (χ1n) is 11.0. The molecule has 0 bridgehead atoms. The Balaban J connectivity index is 1.49. The average molecular weight is 454 g/mol. The second-order valence-corrected chi connectivity index (χ2v) is 10.7. The summed E-state index contributed by atoms with van der Waals surface area (Å²) in [7, 11) is -1.80. The Morgan fingerprint density at radius 2 is 1.69 bits per heavy atom. The minimum absolute atomic E-state index is 0.111. The minimum atomic E-state index is -3.52. The third-order valence-electron chi connectivity index (χ3n) is 5.53. The summed E-state index contributed by atoms with van der Waals surface area (Å²) in [6.45, 7) is 3.83. The molecule has 3 aromatic rings. The Labute approximate surface area is 190 Å². The van der Waals surface area contributed by atoms with Gasteiger partial charge in [-0.05, 0) is 51.3 Å². The Bertz CT molecular complexity index is 1140. The smallest absolute Gasteiger partial charge is 0.254 e. The van der Waals surface area contributed by atoms with E-state index < -0.39 is 15.1 Å². The molecule has 32 heavy (non-hydrogen) atoms. The molecule has 0 saturated heterocycles. The Kier molecular flexibility index (Phi) is 7.85. The van der Waals surface area contributed by atoms with Crippen molar-refractivity contribution < 1.29 is 13.2 Å². The number of carbonyl (C=O) groups is 1. The number of aromatic nitrogens is 2. The lowest BCUT2D eigenvalue weighted by molar-refractivity contribution is 0.0788. The SMILES string of the molecule is CC(C)S(=O)(=O)c1ccccc1C(=O)N(C)CCCCCc1cc(-c2ccccc2)n[nH]1. The molecule has 1 N–H and O–H groups in total. The molecule has 0 aliphatic rings. The molecule has 1 aromatic heterocycles. The van der Waals surface area contributed by atoms with Gasteiger partial charge in [-0.3, -0.25) is 9.89 Å². The van der Waals surface area contributed by atoms with Gasteiger partial charge in [0.25, 0.3) is 5.91 Å². The van der Waals surface area contributed by atoms with Crippen molar-refractivity contribution in [1.82, 2.24) is 15.1 Å². The summed E-state index contributed by atoms with van der Waals surface area (Å²) in [5.74, 6) is -0.258. The van der Waals surface area contributed by atoms with E-state index in [1.165, 1.54) is 6.07 Å². The topological polar surface area (TPSA) is 83.1 Å². The maximum Gasteiger partial charge on any atom is 0.254 e. The number of nitrogens with one attached hydrogen (secondary N) is 1. The number of benzene rings is 2. The predicted octanol–water partition coefficient (Wildman–Crippen LogP) is 4.74. The van der Waals surface area contributed by atoms with Gasteiger partial charge in [0.1, 0.15) is 0 Å². The van der Waals surface area contributed by atoms with Gasteiger partial charge in [0.15, 0.2) is 9.84 Å². The first kappa shape index (κ1) is 23.7. The highest BCUT2D eigenvalue weighted by Gasteiger charge is 2.26. The molecule has 6 nitrogen and oxygen atoms in total. The monoisotopic (exact) mass is 453 g/mol. The van der Waals surface area contributed by atoms with E-state index in [0.717, 1.165) is 42.6 Å². The van der Waals surface area contributed by atoms with E-state index in [-0.39, 0.29) is 16.4 Å². The summed E-state index contributed by atoms with van der Waals surface area (Å²) < 4.78 is 25.3. The minimum Gasteiger partial charge on any atom is -0.342 e. The van der Waals surface area contributed by atoms with Gasteiger partial charge in [0.05, 0.1) is 21.4 Å². The summed E-state index contributed by atoms with van der Waals surface area (Å²) in [4.78, 5) is 14.6. The molecule has 7 heteroatoms. The highest BCUT2D eigenvalue weighted by atomic mass is 32.2. The maximum atomic E-state index is 12.9. The lowest BCUT2D eigenvalue weighted by atomic mass is 10.1. The van der Waals surface area contributed by atoms with E-state index in [2.05, 4.69) is 16.3 Å². The van der Waals surface area contributed by atoms with Crippen LogP contribution in [0, 0.1) is 0 Å². The van der Waals surface area contributed by atoms with Crippen LogP contribution in [0.3, 0.4) is 0 Å². The molecule has 2 aromatic carbocycles. The van der Waals surface area contributed by atoms with Crippen LogP contribution in [-0.2, 0) is 16.3 Å². The van der Waals surface area contributed by atoms with Gasteiger partial charge < -0.3 is 4.90 Å². The summed E-state index contributed by atoms with van der Waals surface area (Å²) >= 11 is 0. The number of unbranched alkanes of at least 4 members (excludes halogenated alkanes) is 2. The van der Waals surface area contributed by atoms with Crippen LogP contribution < -0.4 is 0 Å². The first-order chi connectivity index (χ1) is 15.3. The van der Waals surface area contributed by atoms with Crippen LogP contribution in [-0.4, -0.2) is 48.3 Å². The number of rotatable bonds is 10. The second-order valence-electron chi connectivity index (χ2n) is 8.27. The Morgan fingerprint density at radius 1 is 1.00 bits per heavy atom. The number of hydrogen-bond donors (Lipinski definition) is 1. The van der Waals surface area contributed by atoms with Crippen LogP contribution in [0.5, 0.6) is 0 Å². The van der Waals surface area contributed by atoms with Crippen molar-refractivity contribution in [2.45, 2.75) is 49.7 Å². The molecule has 0 radical (unpaired) electrons. The predicted molar refractivity (Wildman–Crippen MR) is 127 cm³/mol. The molecule has 0 atom stereocenters. The van der Waals surface area contributed by atoms with Gasteiger partial charge in [0, 0.05) is 24.8 Å². The highest BCUT2D eigenvalue weighted by molar-refractivity contribution is 7.92. The first-order valence-corrected chi connectivity index (χ1v) is 12.5. The van der Waals surface area contributed by atoms with Crippen molar-refractivity contribution in [1.29, 1.82) is 0 Å². The fourth-order valence-electron chi connectivity index (χ4n) is 3.54. The van der Waals surface area contributed by atoms with Gasteiger partial charge in [-0.25, -0.2) is 8.42 Å². The van der Waals surface area contributed by atoms with E-state index in [9.17, 15) is 13.2 Å². The molecule has 0 saturated carbocycles. The Hall–Kier alpha value is -2.93. The molecular weight excluding hydrogens is 422 g/mol. The van der Waals surface area contributed by atoms with Crippen LogP contribution in [0.1, 0.15) is 49.2 Å². The Morgan fingerprint density at radius 3 is 2.41 bits per heavy atom. The zero-order chi connectivity index (χ0) is 23.1. The van der Waals surface area contributed by atoms with Gasteiger partial charge in [0.2, 0.25) is 0 Å². The number of nitrogens with zero attached hydrogens (tertiary/aromatic N) is 2. The van der Waals surface area contributed by atoms with Crippen molar-refractivity contribution in [3.8, 4) is 11.3 Å². The van der Waals surface area contributed by atoms with Crippen LogP contribution in [0.25, 0.3) is 11.3 Å². The standard InChI is InChI=1S/C25H31N3O3S/c1-19(2)32(30,31)24-16-10-9-15-22(24)25(29)28(3)17-11-5-8-14-21-18-23(27-26-21)20-12-6-4-7-13-20/h4,6-7,9-10,12-13,15-16,18-19H,5,8,11,14,17H2,1-3H3,(H,26,27). The third-order valence-corrected chi connectivity index (χ3v) is 7.74. The lowest BCUT2D eigenvalue weighted by Gasteiger charge is -2.19. The van der Waals surface area contributed by atoms with Crippen molar-refractivity contribution in [2.75, 3.05) is 13.6 Å². The fraction of sp³-hybridized carbons (Fsp3) is 0.360. The number of hydrogen-bond acceptors (Lipinski definition) is 4. The number of H-pyrrole nitrogens is 1. The van der Waals surface area contributed by atoms with E-state index in [0.29, 0.717) is 6.54 Å². The van der Waals surface area contributed by atoms with Gasteiger partial charge in [-0.1, -0.05) is 48.9 Å².